The van der Waals surface area contributed by atoms with E-state index < -0.39 is 0 Å². The molecule has 0 spiro atoms. The van der Waals surface area contributed by atoms with Crippen LogP contribution in [0.5, 0.6) is 0 Å². The van der Waals surface area contributed by atoms with Crippen molar-refractivity contribution >= 4 is 29.0 Å². The fourth-order valence-electron chi connectivity index (χ4n) is 1.65. The Morgan fingerprint density at radius 3 is 2.72 bits per heavy atom. The standard InChI is InChI=1S/C14H11Cl2NO/c1-2-9-4-3-5-10(6-9)14(18)13-12(16)7-11(15)8-17-13/h3-8H,2H2,1H3. The Kier molecular flexibility index (Phi) is 4.00. The summed E-state index contributed by atoms with van der Waals surface area (Å²) in [5.74, 6) is -0.188. The van der Waals surface area contributed by atoms with Crippen LogP contribution in [-0.4, -0.2) is 10.8 Å². The van der Waals surface area contributed by atoms with E-state index in [1.54, 1.807) is 6.07 Å². The number of nitrogens with zero attached hydrogens (tertiary/aromatic N) is 1. The van der Waals surface area contributed by atoms with Gasteiger partial charge < -0.3 is 0 Å². The summed E-state index contributed by atoms with van der Waals surface area (Å²) in [6.45, 7) is 2.04. The van der Waals surface area contributed by atoms with E-state index in [4.69, 9.17) is 23.2 Å². The molecule has 1 heterocycles. The van der Waals surface area contributed by atoms with Crippen molar-refractivity contribution < 1.29 is 4.79 Å². The number of carbonyl (C=O) groups excluding carboxylic acids is 1. The van der Waals surface area contributed by atoms with Gasteiger partial charge in [-0.1, -0.05) is 48.3 Å². The number of pyridine rings is 1. The molecule has 0 amide bonds. The number of rotatable bonds is 3. The molecule has 0 saturated carbocycles. The second-order valence-corrected chi connectivity index (χ2v) is 4.71. The molecule has 0 N–H and O–H groups in total. The molecule has 0 atom stereocenters. The van der Waals surface area contributed by atoms with E-state index in [0.717, 1.165) is 12.0 Å². The minimum absolute atomic E-state index is 0.188. The van der Waals surface area contributed by atoms with Gasteiger partial charge in [0.15, 0.2) is 0 Å². The molecule has 0 unspecified atom stereocenters. The molecule has 1 aromatic heterocycles. The number of hydrogen-bond donors (Lipinski definition) is 0. The summed E-state index contributed by atoms with van der Waals surface area (Å²) in [5, 5.41) is 0.688. The van der Waals surface area contributed by atoms with E-state index in [0.29, 0.717) is 10.6 Å². The summed E-state index contributed by atoms with van der Waals surface area (Å²) in [4.78, 5) is 16.3. The molecule has 2 aromatic rings. The zero-order chi connectivity index (χ0) is 13.1. The number of aryl methyl sites for hydroxylation is 1. The fraction of sp³-hybridized carbons (Fsp3) is 0.143. The van der Waals surface area contributed by atoms with Gasteiger partial charge in [0.1, 0.15) is 5.69 Å². The smallest absolute Gasteiger partial charge is 0.212 e. The third kappa shape index (κ3) is 2.71. The summed E-state index contributed by atoms with van der Waals surface area (Å²) in [7, 11) is 0. The first-order valence-electron chi connectivity index (χ1n) is 5.56. The van der Waals surface area contributed by atoms with Gasteiger partial charge in [-0.15, -0.1) is 0 Å². The molecule has 18 heavy (non-hydrogen) atoms. The van der Waals surface area contributed by atoms with E-state index in [1.807, 2.05) is 25.1 Å². The summed E-state index contributed by atoms with van der Waals surface area (Å²) in [5.41, 5.74) is 1.92. The normalized spacial score (nSPS) is 10.4. The molecule has 1 aromatic carbocycles. The van der Waals surface area contributed by atoms with Crippen molar-refractivity contribution in [3.05, 3.63) is 63.4 Å². The lowest BCUT2D eigenvalue weighted by atomic mass is 10.0. The zero-order valence-electron chi connectivity index (χ0n) is 9.78. The molecule has 4 heteroatoms. The van der Waals surface area contributed by atoms with Crippen LogP contribution in [0.3, 0.4) is 0 Å². The lowest BCUT2D eigenvalue weighted by molar-refractivity contribution is 0.103. The Balaban J connectivity index is 2.41. The topological polar surface area (TPSA) is 30.0 Å². The van der Waals surface area contributed by atoms with Crippen molar-refractivity contribution in [1.82, 2.24) is 4.98 Å². The van der Waals surface area contributed by atoms with Crippen molar-refractivity contribution in [3.63, 3.8) is 0 Å². The summed E-state index contributed by atoms with van der Waals surface area (Å²) in [6, 6.07) is 8.97. The summed E-state index contributed by atoms with van der Waals surface area (Å²) < 4.78 is 0. The minimum Gasteiger partial charge on any atom is -0.287 e. The van der Waals surface area contributed by atoms with Gasteiger partial charge in [0, 0.05) is 11.8 Å². The molecule has 0 saturated heterocycles. The molecule has 0 fully saturated rings. The lowest BCUT2D eigenvalue weighted by Gasteiger charge is -2.04. The van der Waals surface area contributed by atoms with Crippen molar-refractivity contribution in [1.29, 1.82) is 0 Å². The maximum Gasteiger partial charge on any atom is 0.212 e. The molecule has 2 rings (SSSR count). The quantitative estimate of drug-likeness (QED) is 0.789. The fourth-order valence-corrected chi connectivity index (χ4v) is 2.12. The van der Waals surface area contributed by atoms with Crippen LogP contribution in [0.4, 0.5) is 0 Å². The summed E-state index contributed by atoms with van der Waals surface area (Å²) >= 11 is 11.7. The van der Waals surface area contributed by atoms with Gasteiger partial charge in [0.25, 0.3) is 0 Å². The Hall–Kier alpha value is -1.38. The zero-order valence-corrected chi connectivity index (χ0v) is 11.3. The third-order valence-corrected chi connectivity index (χ3v) is 3.12. The molecular weight excluding hydrogens is 269 g/mol. The number of halogens is 2. The number of carbonyl (C=O) groups is 1. The van der Waals surface area contributed by atoms with Crippen LogP contribution in [0.15, 0.2) is 36.5 Å². The number of aromatic nitrogens is 1. The molecule has 0 radical (unpaired) electrons. The third-order valence-electron chi connectivity index (χ3n) is 2.62. The second kappa shape index (κ2) is 5.51. The summed E-state index contributed by atoms with van der Waals surface area (Å²) in [6.07, 6.45) is 2.30. The van der Waals surface area contributed by atoms with Gasteiger partial charge in [-0.2, -0.15) is 0 Å². The Morgan fingerprint density at radius 1 is 1.28 bits per heavy atom. The van der Waals surface area contributed by atoms with E-state index in [-0.39, 0.29) is 16.5 Å². The van der Waals surface area contributed by atoms with Crippen molar-refractivity contribution in [2.75, 3.05) is 0 Å². The predicted molar refractivity (Wildman–Crippen MR) is 73.5 cm³/mol. The average molecular weight is 280 g/mol. The Morgan fingerprint density at radius 2 is 2.06 bits per heavy atom. The Bertz CT molecular complexity index is 596. The SMILES string of the molecule is CCc1cccc(C(=O)c2ncc(Cl)cc2Cl)c1. The number of benzene rings is 1. The van der Waals surface area contributed by atoms with Crippen LogP contribution in [0, 0.1) is 0 Å². The monoisotopic (exact) mass is 279 g/mol. The largest absolute Gasteiger partial charge is 0.287 e. The van der Waals surface area contributed by atoms with Crippen LogP contribution in [0.1, 0.15) is 28.5 Å². The molecular formula is C14H11Cl2NO. The lowest BCUT2D eigenvalue weighted by Crippen LogP contribution is -2.05. The van der Waals surface area contributed by atoms with E-state index in [1.165, 1.54) is 12.3 Å². The van der Waals surface area contributed by atoms with E-state index in [2.05, 4.69) is 4.98 Å². The van der Waals surface area contributed by atoms with E-state index in [9.17, 15) is 4.79 Å². The first-order valence-corrected chi connectivity index (χ1v) is 6.32. The highest BCUT2D eigenvalue weighted by Gasteiger charge is 2.15. The van der Waals surface area contributed by atoms with Crippen molar-refractivity contribution in [3.8, 4) is 0 Å². The van der Waals surface area contributed by atoms with Gasteiger partial charge in [-0.25, -0.2) is 4.98 Å². The molecule has 0 aliphatic rings. The van der Waals surface area contributed by atoms with Crippen LogP contribution < -0.4 is 0 Å². The van der Waals surface area contributed by atoms with Crippen LogP contribution >= 0.6 is 23.2 Å². The highest BCUT2D eigenvalue weighted by Crippen LogP contribution is 2.21. The van der Waals surface area contributed by atoms with Gasteiger partial charge in [0.2, 0.25) is 5.78 Å². The Labute approximate surface area is 116 Å². The van der Waals surface area contributed by atoms with Crippen molar-refractivity contribution in [2.24, 2.45) is 0 Å². The molecule has 2 nitrogen and oxygen atoms in total. The first-order chi connectivity index (χ1) is 8.61. The maximum absolute atomic E-state index is 12.3. The van der Waals surface area contributed by atoms with Crippen LogP contribution in [-0.2, 0) is 6.42 Å². The van der Waals surface area contributed by atoms with Gasteiger partial charge in [-0.3, -0.25) is 4.79 Å². The average Bonchev–Trinajstić information content (AvgIpc) is 2.38. The number of ketones is 1. The molecule has 0 aliphatic carbocycles. The molecule has 0 aliphatic heterocycles. The maximum atomic E-state index is 12.3. The van der Waals surface area contributed by atoms with Crippen LogP contribution in [0.25, 0.3) is 0 Å². The van der Waals surface area contributed by atoms with Gasteiger partial charge in [-0.05, 0) is 24.1 Å². The molecule has 0 bridgehead atoms. The predicted octanol–water partition coefficient (Wildman–Crippen LogP) is 4.18. The van der Waals surface area contributed by atoms with E-state index >= 15 is 0 Å². The minimum atomic E-state index is -0.188. The second-order valence-electron chi connectivity index (χ2n) is 3.87. The van der Waals surface area contributed by atoms with Crippen LogP contribution in [0.2, 0.25) is 10.0 Å². The van der Waals surface area contributed by atoms with Gasteiger partial charge in [0.05, 0.1) is 10.0 Å². The molecule has 92 valence electrons. The number of hydrogen-bond acceptors (Lipinski definition) is 2. The highest BCUT2D eigenvalue weighted by molar-refractivity contribution is 6.37. The first kappa shape index (κ1) is 13.1. The van der Waals surface area contributed by atoms with Gasteiger partial charge >= 0.3 is 0 Å². The highest BCUT2D eigenvalue weighted by atomic mass is 35.5. The van der Waals surface area contributed by atoms with Crippen molar-refractivity contribution in [2.45, 2.75) is 13.3 Å².